The molecule has 0 saturated heterocycles. The molecule has 3 nitrogen and oxygen atoms in total. The van der Waals surface area contributed by atoms with Crippen LogP contribution in [0.5, 0.6) is 0 Å². The summed E-state index contributed by atoms with van der Waals surface area (Å²) in [6, 6.07) is 14.0. The molecular formula is C14H16N2O. The monoisotopic (exact) mass is 228 g/mol. The Balaban J connectivity index is 1.90. The maximum absolute atomic E-state index is 5.64. The Hall–Kier alpha value is -1.71. The van der Waals surface area contributed by atoms with Gasteiger partial charge in [-0.2, -0.15) is 0 Å². The first-order chi connectivity index (χ1) is 8.40. The van der Waals surface area contributed by atoms with Crippen LogP contribution >= 0.6 is 0 Å². The van der Waals surface area contributed by atoms with Crippen LogP contribution in [0.3, 0.4) is 0 Å². The second kappa shape index (κ2) is 6.13. The van der Waals surface area contributed by atoms with Gasteiger partial charge in [-0.1, -0.05) is 36.4 Å². The van der Waals surface area contributed by atoms with E-state index in [1.807, 2.05) is 42.5 Å². The van der Waals surface area contributed by atoms with Gasteiger partial charge in [0.1, 0.15) is 0 Å². The molecule has 1 aromatic carbocycles. The van der Waals surface area contributed by atoms with Gasteiger partial charge in [0, 0.05) is 12.7 Å². The number of nitrogens with zero attached hydrogens (tertiary/aromatic N) is 1. The van der Waals surface area contributed by atoms with Crippen molar-refractivity contribution in [2.45, 2.75) is 19.8 Å². The minimum Gasteiger partial charge on any atom is -0.370 e. The van der Waals surface area contributed by atoms with Gasteiger partial charge in [0.25, 0.3) is 0 Å². The Bertz CT molecular complexity index is 457. The highest BCUT2D eigenvalue weighted by atomic mass is 16.5. The predicted molar refractivity (Wildman–Crippen MR) is 67.1 cm³/mol. The minimum absolute atomic E-state index is 0.498. The fraction of sp³-hybridized carbons (Fsp3) is 0.214. The molecule has 0 aliphatic rings. The van der Waals surface area contributed by atoms with Gasteiger partial charge in [0.2, 0.25) is 0 Å². The zero-order chi connectivity index (χ0) is 11.9. The van der Waals surface area contributed by atoms with Gasteiger partial charge in [0.05, 0.1) is 18.9 Å². The van der Waals surface area contributed by atoms with Crippen LogP contribution in [0.15, 0.2) is 48.7 Å². The van der Waals surface area contributed by atoms with Gasteiger partial charge in [-0.25, -0.2) is 0 Å². The first-order valence-electron chi connectivity index (χ1n) is 5.64. The number of hydrogen-bond donors (Lipinski definition) is 1. The summed E-state index contributed by atoms with van der Waals surface area (Å²) < 4.78 is 5.63. The van der Waals surface area contributed by atoms with E-state index >= 15 is 0 Å². The summed E-state index contributed by atoms with van der Waals surface area (Å²) in [6.45, 7) is 1.60. The van der Waals surface area contributed by atoms with Crippen molar-refractivity contribution in [1.82, 2.24) is 4.98 Å². The average Bonchev–Trinajstić information content (AvgIpc) is 2.40. The smallest absolute Gasteiger partial charge is 0.0895 e. The highest BCUT2D eigenvalue weighted by molar-refractivity contribution is 5.19. The molecule has 0 unspecified atom stereocenters. The third-order valence-electron chi connectivity index (χ3n) is 2.55. The van der Waals surface area contributed by atoms with E-state index in [0.717, 1.165) is 16.8 Å². The third-order valence-corrected chi connectivity index (χ3v) is 2.55. The van der Waals surface area contributed by atoms with Gasteiger partial charge in [-0.15, -0.1) is 0 Å². The number of aromatic nitrogens is 1. The van der Waals surface area contributed by atoms with Gasteiger partial charge in [-0.3, -0.25) is 4.98 Å². The number of ether oxygens (including phenoxy) is 1. The van der Waals surface area contributed by atoms with Gasteiger partial charge < -0.3 is 10.5 Å². The Kier molecular flexibility index (Phi) is 4.24. The molecule has 2 N–H and O–H groups in total. The molecule has 1 heterocycles. The van der Waals surface area contributed by atoms with Crippen molar-refractivity contribution in [3.8, 4) is 0 Å². The van der Waals surface area contributed by atoms with Crippen molar-refractivity contribution in [1.29, 1.82) is 0 Å². The SMILES string of the molecule is NCc1cccnc1COCc1ccccc1. The van der Waals surface area contributed by atoms with Crippen LogP contribution in [-0.4, -0.2) is 4.98 Å². The second-order valence-electron chi connectivity index (χ2n) is 3.79. The zero-order valence-electron chi connectivity index (χ0n) is 9.67. The first kappa shape index (κ1) is 11.8. The lowest BCUT2D eigenvalue weighted by Crippen LogP contribution is -2.05. The Morgan fingerprint density at radius 3 is 2.59 bits per heavy atom. The highest BCUT2D eigenvalue weighted by Crippen LogP contribution is 2.08. The van der Waals surface area contributed by atoms with E-state index < -0.39 is 0 Å². The minimum atomic E-state index is 0.498. The van der Waals surface area contributed by atoms with Gasteiger partial charge >= 0.3 is 0 Å². The predicted octanol–water partition coefficient (Wildman–Crippen LogP) is 2.26. The van der Waals surface area contributed by atoms with E-state index in [2.05, 4.69) is 4.98 Å². The lowest BCUT2D eigenvalue weighted by Gasteiger charge is -2.07. The molecule has 17 heavy (non-hydrogen) atoms. The molecule has 0 aliphatic carbocycles. The Morgan fingerprint density at radius 1 is 1.00 bits per heavy atom. The van der Waals surface area contributed by atoms with Crippen molar-refractivity contribution in [2.75, 3.05) is 0 Å². The number of hydrogen-bond acceptors (Lipinski definition) is 3. The van der Waals surface area contributed by atoms with E-state index in [9.17, 15) is 0 Å². The molecule has 0 radical (unpaired) electrons. The third kappa shape index (κ3) is 3.37. The molecule has 0 bridgehead atoms. The Morgan fingerprint density at radius 2 is 1.82 bits per heavy atom. The molecule has 0 atom stereocenters. The fourth-order valence-corrected chi connectivity index (χ4v) is 1.63. The van der Waals surface area contributed by atoms with Crippen molar-refractivity contribution in [2.24, 2.45) is 5.73 Å². The molecular weight excluding hydrogens is 212 g/mol. The van der Waals surface area contributed by atoms with Crippen LogP contribution in [0.25, 0.3) is 0 Å². The van der Waals surface area contributed by atoms with Crippen molar-refractivity contribution >= 4 is 0 Å². The fourth-order valence-electron chi connectivity index (χ4n) is 1.63. The second-order valence-corrected chi connectivity index (χ2v) is 3.79. The molecule has 0 aliphatic heterocycles. The quantitative estimate of drug-likeness (QED) is 0.854. The molecule has 2 rings (SSSR count). The van der Waals surface area contributed by atoms with E-state index in [4.69, 9.17) is 10.5 Å². The van der Waals surface area contributed by atoms with E-state index in [1.54, 1.807) is 6.20 Å². The summed E-state index contributed by atoms with van der Waals surface area (Å²) in [6.07, 6.45) is 1.76. The molecule has 1 aromatic heterocycles. The zero-order valence-corrected chi connectivity index (χ0v) is 9.67. The average molecular weight is 228 g/mol. The highest BCUT2D eigenvalue weighted by Gasteiger charge is 2.01. The van der Waals surface area contributed by atoms with Crippen LogP contribution < -0.4 is 5.73 Å². The number of pyridine rings is 1. The maximum Gasteiger partial charge on any atom is 0.0895 e. The first-order valence-corrected chi connectivity index (χ1v) is 5.64. The number of benzene rings is 1. The molecule has 88 valence electrons. The molecule has 0 saturated carbocycles. The lowest BCUT2D eigenvalue weighted by molar-refractivity contribution is 0.104. The van der Waals surface area contributed by atoms with Gasteiger partial charge in [0.15, 0.2) is 0 Å². The normalized spacial score (nSPS) is 10.4. The van der Waals surface area contributed by atoms with Crippen molar-refractivity contribution in [3.63, 3.8) is 0 Å². The molecule has 2 aromatic rings. The van der Waals surface area contributed by atoms with Crippen molar-refractivity contribution < 1.29 is 4.74 Å². The summed E-state index contributed by atoms with van der Waals surface area (Å²) in [4.78, 5) is 4.28. The number of nitrogens with two attached hydrogens (primary N) is 1. The summed E-state index contributed by atoms with van der Waals surface area (Å²) in [5.74, 6) is 0. The van der Waals surface area contributed by atoms with Crippen molar-refractivity contribution in [3.05, 3.63) is 65.5 Å². The summed E-state index contributed by atoms with van der Waals surface area (Å²) in [5.41, 5.74) is 8.77. The number of rotatable bonds is 5. The van der Waals surface area contributed by atoms with Crippen LogP contribution in [0, 0.1) is 0 Å². The van der Waals surface area contributed by atoms with Crippen LogP contribution in [0.2, 0.25) is 0 Å². The molecule has 0 spiro atoms. The topological polar surface area (TPSA) is 48.1 Å². The lowest BCUT2D eigenvalue weighted by atomic mass is 10.2. The van der Waals surface area contributed by atoms with Crippen LogP contribution in [0.1, 0.15) is 16.8 Å². The largest absolute Gasteiger partial charge is 0.370 e. The van der Waals surface area contributed by atoms with E-state index in [1.165, 1.54) is 0 Å². The molecule has 0 amide bonds. The molecule has 3 heteroatoms. The maximum atomic E-state index is 5.64. The summed E-state index contributed by atoms with van der Waals surface area (Å²) in [7, 11) is 0. The van der Waals surface area contributed by atoms with E-state index in [0.29, 0.717) is 19.8 Å². The molecule has 0 fully saturated rings. The van der Waals surface area contributed by atoms with Gasteiger partial charge in [-0.05, 0) is 17.2 Å². The van der Waals surface area contributed by atoms with Crippen LogP contribution in [0.4, 0.5) is 0 Å². The summed E-state index contributed by atoms with van der Waals surface area (Å²) in [5, 5.41) is 0. The standard InChI is InChI=1S/C14H16N2O/c15-9-13-7-4-8-16-14(13)11-17-10-12-5-2-1-3-6-12/h1-8H,9-11,15H2. The Labute approximate surface area is 101 Å². The van der Waals surface area contributed by atoms with E-state index in [-0.39, 0.29) is 0 Å². The summed E-state index contributed by atoms with van der Waals surface area (Å²) >= 11 is 0. The van der Waals surface area contributed by atoms with Crippen LogP contribution in [-0.2, 0) is 24.5 Å².